The highest BCUT2D eigenvalue weighted by atomic mass is 79.9. The molecular formula is C17H20BrNO2. The van der Waals surface area contributed by atoms with Crippen LogP contribution < -0.4 is 15.2 Å². The van der Waals surface area contributed by atoms with Crippen molar-refractivity contribution in [2.45, 2.75) is 26.3 Å². The van der Waals surface area contributed by atoms with Crippen LogP contribution in [-0.4, -0.2) is 13.2 Å². The Morgan fingerprint density at radius 1 is 1.10 bits per heavy atom. The number of hydrogen-bond acceptors (Lipinski definition) is 3. The molecule has 0 aliphatic heterocycles. The lowest BCUT2D eigenvalue weighted by Crippen LogP contribution is -2.18. The lowest BCUT2D eigenvalue weighted by molar-refractivity contribution is 0.377. The minimum Gasteiger partial charge on any atom is -0.493 e. The predicted octanol–water partition coefficient (Wildman–Crippen LogP) is 4.45. The Hall–Kier alpha value is -1.52. The van der Waals surface area contributed by atoms with E-state index in [0.717, 1.165) is 33.5 Å². The van der Waals surface area contributed by atoms with Crippen LogP contribution in [-0.2, 0) is 6.42 Å². The van der Waals surface area contributed by atoms with Crippen molar-refractivity contribution in [3.8, 4) is 17.2 Å². The molecule has 1 atom stereocenters. The number of ether oxygens (including phenoxy) is 2. The molecule has 112 valence electrons. The van der Waals surface area contributed by atoms with Crippen molar-refractivity contribution in [3.05, 3.63) is 52.0 Å². The Morgan fingerprint density at radius 3 is 2.52 bits per heavy atom. The zero-order valence-corrected chi connectivity index (χ0v) is 14.1. The van der Waals surface area contributed by atoms with Crippen LogP contribution in [0, 0.1) is 6.92 Å². The summed E-state index contributed by atoms with van der Waals surface area (Å²) in [6.07, 6.45) is 0.761. The van der Waals surface area contributed by atoms with Gasteiger partial charge in [-0.25, -0.2) is 0 Å². The number of rotatable bonds is 5. The summed E-state index contributed by atoms with van der Waals surface area (Å²) in [6, 6.07) is 11.9. The number of aryl methyl sites for hydroxylation is 1. The van der Waals surface area contributed by atoms with E-state index in [2.05, 4.69) is 15.9 Å². The van der Waals surface area contributed by atoms with Gasteiger partial charge in [0.15, 0.2) is 11.5 Å². The van der Waals surface area contributed by atoms with Crippen LogP contribution in [0.25, 0.3) is 0 Å². The summed E-state index contributed by atoms with van der Waals surface area (Å²) < 4.78 is 12.4. The SMILES string of the molecule is COc1cc(C)ccc1Oc1cc(Br)ccc1CC(C)N. The number of hydrogen-bond donors (Lipinski definition) is 1. The fourth-order valence-electron chi connectivity index (χ4n) is 2.12. The predicted molar refractivity (Wildman–Crippen MR) is 89.3 cm³/mol. The molecule has 0 heterocycles. The van der Waals surface area contributed by atoms with Crippen LogP contribution in [0.1, 0.15) is 18.1 Å². The van der Waals surface area contributed by atoms with Gasteiger partial charge >= 0.3 is 0 Å². The smallest absolute Gasteiger partial charge is 0.169 e. The Balaban J connectivity index is 2.36. The average molecular weight is 350 g/mol. The van der Waals surface area contributed by atoms with Crippen molar-refractivity contribution in [1.29, 1.82) is 0 Å². The minimum absolute atomic E-state index is 0.0773. The Bertz CT molecular complexity index is 626. The molecule has 0 radical (unpaired) electrons. The molecule has 0 aromatic heterocycles. The standard InChI is InChI=1S/C17H20BrNO2/c1-11-4-7-15(17(8-11)20-3)21-16-10-14(18)6-5-13(16)9-12(2)19/h4-8,10,12H,9,19H2,1-3H3. The summed E-state index contributed by atoms with van der Waals surface area (Å²) in [5.41, 5.74) is 8.12. The topological polar surface area (TPSA) is 44.5 Å². The van der Waals surface area contributed by atoms with Crippen LogP contribution in [0.3, 0.4) is 0 Å². The Morgan fingerprint density at radius 2 is 1.86 bits per heavy atom. The highest BCUT2D eigenvalue weighted by Gasteiger charge is 2.11. The molecule has 0 saturated carbocycles. The molecule has 2 aromatic carbocycles. The lowest BCUT2D eigenvalue weighted by atomic mass is 10.1. The van der Waals surface area contributed by atoms with Gasteiger partial charge in [0, 0.05) is 10.5 Å². The summed E-state index contributed by atoms with van der Waals surface area (Å²) in [7, 11) is 1.64. The van der Waals surface area contributed by atoms with E-state index in [0.29, 0.717) is 5.75 Å². The van der Waals surface area contributed by atoms with Gasteiger partial charge in [-0.1, -0.05) is 28.1 Å². The van der Waals surface area contributed by atoms with E-state index in [-0.39, 0.29) is 6.04 Å². The first-order valence-corrected chi connectivity index (χ1v) is 7.65. The zero-order chi connectivity index (χ0) is 15.4. The molecule has 0 saturated heterocycles. The minimum atomic E-state index is 0.0773. The summed E-state index contributed by atoms with van der Waals surface area (Å²) in [5.74, 6) is 2.22. The third-order valence-electron chi connectivity index (χ3n) is 3.11. The molecule has 2 aromatic rings. The Kier molecular flexibility index (Phi) is 5.26. The van der Waals surface area contributed by atoms with Crippen LogP contribution >= 0.6 is 15.9 Å². The van der Waals surface area contributed by atoms with Crippen molar-refractivity contribution in [1.82, 2.24) is 0 Å². The third kappa shape index (κ3) is 4.22. The molecule has 4 heteroatoms. The van der Waals surface area contributed by atoms with Crippen LogP contribution in [0.4, 0.5) is 0 Å². The second-order valence-electron chi connectivity index (χ2n) is 5.19. The van der Waals surface area contributed by atoms with Gasteiger partial charge in [-0.3, -0.25) is 0 Å². The quantitative estimate of drug-likeness (QED) is 0.867. The van der Waals surface area contributed by atoms with Crippen molar-refractivity contribution in [3.63, 3.8) is 0 Å². The second-order valence-corrected chi connectivity index (χ2v) is 6.11. The molecule has 3 nitrogen and oxygen atoms in total. The highest BCUT2D eigenvalue weighted by molar-refractivity contribution is 9.10. The van der Waals surface area contributed by atoms with E-state index in [9.17, 15) is 0 Å². The number of halogens is 1. The van der Waals surface area contributed by atoms with Gasteiger partial charge in [0.1, 0.15) is 5.75 Å². The van der Waals surface area contributed by atoms with E-state index in [1.807, 2.05) is 50.2 Å². The summed E-state index contributed by atoms with van der Waals surface area (Å²) >= 11 is 3.48. The maximum Gasteiger partial charge on any atom is 0.169 e. The van der Waals surface area contributed by atoms with E-state index < -0.39 is 0 Å². The fourth-order valence-corrected chi connectivity index (χ4v) is 2.46. The molecule has 2 N–H and O–H groups in total. The van der Waals surface area contributed by atoms with Gasteiger partial charge in [-0.2, -0.15) is 0 Å². The van der Waals surface area contributed by atoms with Gasteiger partial charge in [0.2, 0.25) is 0 Å². The Labute approximate surface area is 134 Å². The van der Waals surface area contributed by atoms with Gasteiger partial charge in [0.05, 0.1) is 7.11 Å². The van der Waals surface area contributed by atoms with E-state index in [4.69, 9.17) is 15.2 Å². The molecule has 2 rings (SSSR count). The molecule has 0 aliphatic carbocycles. The average Bonchev–Trinajstić information content (AvgIpc) is 2.43. The van der Waals surface area contributed by atoms with E-state index >= 15 is 0 Å². The molecule has 21 heavy (non-hydrogen) atoms. The summed E-state index contributed by atoms with van der Waals surface area (Å²) in [5, 5.41) is 0. The first kappa shape index (κ1) is 15.9. The molecule has 0 bridgehead atoms. The van der Waals surface area contributed by atoms with Crippen molar-refractivity contribution in [2.24, 2.45) is 5.73 Å². The fraction of sp³-hybridized carbons (Fsp3) is 0.294. The third-order valence-corrected chi connectivity index (χ3v) is 3.60. The lowest BCUT2D eigenvalue weighted by Gasteiger charge is -2.15. The molecule has 1 unspecified atom stereocenters. The maximum absolute atomic E-state index is 6.06. The van der Waals surface area contributed by atoms with E-state index in [1.54, 1.807) is 7.11 Å². The first-order chi connectivity index (χ1) is 9.99. The van der Waals surface area contributed by atoms with Gasteiger partial charge in [0.25, 0.3) is 0 Å². The van der Waals surface area contributed by atoms with Crippen molar-refractivity contribution in [2.75, 3.05) is 7.11 Å². The van der Waals surface area contributed by atoms with Crippen LogP contribution in [0.5, 0.6) is 17.2 Å². The number of nitrogens with two attached hydrogens (primary N) is 1. The second kappa shape index (κ2) is 6.96. The zero-order valence-electron chi connectivity index (χ0n) is 12.5. The maximum atomic E-state index is 6.06. The highest BCUT2D eigenvalue weighted by Crippen LogP contribution is 2.35. The van der Waals surface area contributed by atoms with Crippen LogP contribution in [0.2, 0.25) is 0 Å². The molecular weight excluding hydrogens is 330 g/mol. The van der Waals surface area contributed by atoms with Gasteiger partial charge in [-0.15, -0.1) is 0 Å². The monoisotopic (exact) mass is 349 g/mol. The molecule has 0 aliphatic rings. The molecule has 0 amide bonds. The molecule has 0 spiro atoms. The molecule has 0 fully saturated rings. The van der Waals surface area contributed by atoms with Gasteiger partial charge in [-0.05, 0) is 55.7 Å². The van der Waals surface area contributed by atoms with Crippen molar-refractivity contribution < 1.29 is 9.47 Å². The number of methoxy groups -OCH3 is 1. The van der Waals surface area contributed by atoms with Crippen molar-refractivity contribution >= 4 is 15.9 Å². The van der Waals surface area contributed by atoms with Gasteiger partial charge < -0.3 is 15.2 Å². The first-order valence-electron chi connectivity index (χ1n) is 6.86. The summed E-state index contributed by atoms with van der Waals surface area (Å²) in [6.45, 7) is 4.01. The normalized spacial score (nSPS) is 12.0. The summed E-state index contributed by atoms with van der Waals surface area (Å²) in [4.78, 5) is 0. The van der Waals surface area contributed by atoms with E-state index in [1.165, 1.54) is 0 Å². The number of benzene rings is 2. The van der Waals surface area contributed by atoms with Crippen LogP contribution in [0.15, 0.2) is 40.9 Å². The largest absolute Gasteiger partial charge is 0.493 e.